The van der Waals surface area contributed by atoms with Crippen molar-refractivity contribution in [1.29, 1.82) is 0 Å². The monoisotopic (exact) mass is 249 g/mol. The quantitative estimate of drug-likeness (QED) is 0.893. The van der Waals surface area contributed by atoms with Crippen molar-refractivity contribution in [3.63, 3.8) is 0 Å². The third kappa shape index (κ3) is 1.81. The third-order valence-electron chi connectivity index (χ3n) is 4.73. The molecule has 1 aromatic rings. The van der Waals surface area contributed by atoms with E-state index in [1.54, 1.807) is 6.26 Å². The Morgan fingerprint density at radius 3 is 3.00 bits per heavy atom. The first kappa shape index (κ1) is 12.2. The van der Waals surface area contributed by atoms with E-state index in [9.17, 15) is 0 Å². The van der Waals surface area contributed by atoms with Gasteiger partial charge in [-0.3, -0.25) is 0 Å². The molecular weight excluding hydrogens is 226 g/mol. The number of hydrogen-bond donors (Lipinski definition) is 1. The molecule has 3 nitrogen and oxygen atoms in total. The van der Waals surface area contributed by atoms with Crippen LogP contribution in [0.1, 0.15) is 45.4 Å². The van der Waals surface area contributed by atoms with Crippen LogP contribution in [-0.2, 0) is 4.74 Å². The molecule has 3 rings (SSSR count). The molecule has 1 aromatic heterocycles. The molecule has 3 unspecified atom stereocenters. The Hall–Kier alpha value is -0.800. The second kappa shape index (κ2) is 4.39. The lowest BCUT2D eigenvalue weighted by atomic mass is 9.55. The molecule has 1 N–H and O–H groups in total. The summed E-state index contributed by atoms with van der Waals surface area (Å²) in [4.78, 5) is 0. The number of ether oxygens (including phenoxy) is 1. The van der Waals surface area contributed by atoms with Crippen molar-refractivity contribution >= 4 is 0 Å². The van der Waals surface area contributed by atoms with Gasteiger partial charge in [0.2, 0.25) is 0 Å². The fraction of sp³-hybridized carbons (Fsp3) is 0.733. The normalized spacial score (nSPS) is 35.6. The number of rotatable bonds is 3. The molecule has 1 aliphatic carbocycles. The van der Waals surface area contributed by atoms with Gasteiger partial charge in [0.15, 0.2) is 0 Å². The minimum Gasteiger partial charge on any atom is -0.468 e. The molecule has 0 bridgehead atoms. The van der Waals surface area contributed by atoms with Gasteiger partial charge in [0.05, 0.1) is 18.4 Å². The Morgan fingerprint density at radius 2 is 2.28 bits per heavy atom. The van der Waals surface area contributed by atoms with E-state index >= 15 is 0 Å². The third-order valence-corrected chi connectivity index (χ3v) is 4.73. The van der Waals surface area contributed by atoms with E-state index in [0.29, 0.717) is 18.1 Å². The number of furan rings is 1. The van der Waals surface area contributed by atoms with Crippen LogP contribution in [0.3, 0.4) is 0 Å². The molecular formula is C15H23NO2. The van der Waals surface area contributed by atoms with E-state index in [-0.39, 0.29) is 11.5 Å². The van der Waals surface area contributed by atoms with Crippen LogP contribution in [-0.4, -0.2) is 18.8 Å². The molecule has 2 heterocycles. The maximum absolute atomic E-state index is 5.93. The highest BCUT2D eigenvalue weighted by molar-refractivity contribution is 5.13. The van der Waals surface area contributed by atoms with Crippen LogP contribution in [0.2, 0.25) is 0 Å². The van der Waals surface area contributed by atoms with Gasteiger partial charge in [-0.25, -0.2) is 0 Å². The van der Waals surface area contributed by atoms with Crippen LogP contribution in [0.5, 0.6) is 0 Å². The predicted molar refractivity (Wildman–Crippen MR) is 70.3 cm³/mol. The molecule has 2 aliphatic rings. The first-order valence-electron chi connectivity index (χ1n) is 7.02. The Labute approximate surface area is 109 Å². The molecule has 2 fully saturated rings. The van der Waals surface area contributed by atoms with Crippen molar-refractivity contribution in [3.8, 4) is 0 Å². The lowest BCUT2D eigenvalue weighted by molar-refractivity contribution is -0.194. The van der Waals surface area contributed by atoms with Crippen molar-refractivity contribution in [2.45, 2.75) is 51.8 Å². The zero-order valence-corrected chi connectivity index (χ0v) is 11.5. The Morgan fingerprint density at radius 1 is 1.44 bits per heavy atom. The van der Waals surface area contributed by atoms with Crippen molar-refractivity contribution < 1.29 is 9.15 Å². The minimum absolute atomic E-state index is 0.228. The van der Waals surface area contributed by atoms with Gasteiger partial charge >= 0.3 is 0 Å². The standard InChI is InChI=1S/C15H23NO2/c1-10(12-7-5-8-17-12)16-13-11-6-4-9-18-14(11)15(13,2)3/h5,7-8,10-11,13-14,16H,4,6,9H2,1-3H3/t10-,11?,13?,14?/m0/s1. The van der Waals surface area contributed by atoms with Gasteiger partial charge in [0, 0.05) is 24.0 Å². The number of hydrogen-bond acceptors (Lipinski definition) is 3. The van der Waals surface area contributed by atoms with Crippen molar-refractivity contribution in [2.24, 2.45) is 11.3 Å². The Bertz CT molecular complexity index is 399. The molecule has 1 saturated heterocycles. The average molecular weight is 249 g/mol. The highest BCUT2D eigenvalue weighted by Crippen LogP contribution is 2.51. The van der Waals surface area contributed by atoms with Gasteiger partial charge < -0.3 is 14.5 Å². The predicted octanol–water partition coefficient (Wildman–Crippen LogP) is 3.13. The molecule has 0 spiro atoms. The molecule has 18 heavy (non-hydrogen) atoms. The molecule has 0 radical (unpaired) electrons. The van der Waals surface area contributed by atoms with E-state index in [0.717, 1.165) is 12.4 Å². The number of fused-ring (bicyclic) bond motifs is 1. The fourth-order valence-electron chi connectivity index (χ4n) is 3.75. The summed E-state index contributed by atoms with van der Waals surface area (Å²) in [5.74, 6) is 1.69. The second-order valence-electron chi connectivity index (χ2n) is 6.30. The zero-order valence-electron chi connectivity index (χ0n) is 11.5. The molecule has 1 saturated carbocycles. The summed E-state index contributed by atoms with van der Waals surface area (Å²) in [6.45, 7) is 7.73. The number of nitrogens with one attached hydrogen (secondary N) is 1. The van der Waals surface area contributed by atoms with Crippen LogP contribution in [0.25, 0.3) is 0 Å². The summed E-state index contributed by atoms with van der Waals surface area (Å²) in [5, 5.41) is 3.73. The van der Waals surface area contributed by atoms with Crippen LogP contribution < -0.4 is 5.32 Å². The first-order valence-corrected chi connectivity index (χ1v) is 7.02. The zero-order chi connectivity index (χ0) is 12.8. The fourth-order valence-corrected chi connectivity index (χ4v) is 3.75. The molecule has 0 amide bonds. The van der Waals surface area contributed by atoms with E-state index in [1.165, 1.54) is 12.8 Å². The highest BCUT2D eigenvalue weighted by Gasteiger charge is 2.57. The van der Waals surface area contributed by atoms with E-state index in [1.807, 2.05) is 12.1 Å². The Balaban J connectivity index is 1.69. The lowest BCUT2D eigenvalue weighted by Gasteiger charge is -2.60. The van der Waals surface area contributed by atoms with Crippen LogP contribution in [0.4, 0.5) is 0 Å². The summed E-state index contributed by atoms with van der Waals surface area (Å²) >= 11 is 0. The lowest BCUT2D eigenvalue weighted by Crippen LogP contribution is -2.69. The first-order chi connectivity index (χ1) is 8.60. The smallest absolute Gasteiger partial charge is 0.120 e. The highest BCUT2D eigenvalue weighted by atomic mass is 16.5. The summed E-state index contributed by atoms with van der Waals surface area (Å²) in [5.41, 5.74) is 0.228. The molecule has 3 heteroatoms. The van der Waals surface area contributed by atoms with Crippen molar-refractivity contribution in [3.05, 3.63) is 24.2 Å². The summed E-state index contributed by atoms with van der Waals surface area (Å²) in [6, 6.07) is 4.79. The second-order valence-corrected chi connectivity index (χ2v) is 6.30. The van der Waals surface area contributed by atoms with Crippen LogP contribution >= 0.6 is 0 Å². The molecule has 1 aliphatic heterocycles. The SMILES string of the molecule is C[C@H](NC1C2CCCOC2C1(C)C)c1ccco1. The topological polar surface area (TPSA) is 34.4 Å². The maximum Gasteiger partial charge on any atom is 0.120 e. The molecule has 4 atom stereocenters. The van der Waals surface area contributed by atoms with E-state index in [4.69, 9.17) is 9.15 Å². The van der Waals surface area contributed by atoms with E-state index in [2.05, 4.69) is 26.1 Å². The van der Waals surface area contributed by atoms with Gasteiger partial charge in [-0.2, -0.15) is 0 Å². The van der Waals surface area contributed by atoms with Gasteiger partial charge in [-0.1, -0.05) is 13.8 Å². The molecule has 0 aromatic carbocycles. The van der Waals surface area contributed by atoms with Crippen LogP contribution in [0.15, 0.2) is 22.8 Å². The molecule has 100 valence electrons. The van der Waals surface area contributed by atoms with Gasteiger partial charge in [0.25, 0.3) is 0 Å². The minimum atomic E-state index is 0.228. The summed E-state index contributed by atoms with van der Waals surface area (Å²) < 4.78 is 11.4. The van der Waals surface area contributed by atoms with Crippen molar-refractivity contribution in [1.82, 2.24) is 5.32 Å². The average Bonchev–Trinajstić information content (AvgIpc) is 2.89. The Kier molecular flexibility index (Phi) is 2.99. The summed E-state index contributed by atoms with van der Waals surface area (Å²) in [7, 11) is 0. The van der Waals surface area contributed by atoms with Crippen LogP contribution in [0, 0.1) is 11.3 Å². The van der Waals surface area contributed by atoms with Gasteiger partial charge in [-0.15, -0.1) is 0 Å². The van der Waals surface area contributed by atoms with E-state index < -0.39 is 0 Å². The van der Waals surface area contributed by atoms with Crippen molar-refractivity contribution in [2.75, 3.05) is 6.61 Å². The maximum atomic E-state index is 5.93. The van der Waals surface area contributed by atoms with Gasteiger partial charge in [0.1, 0.15) is 5.76 Å². The summed E-state index contributed by atoms with van der Waals surface area (Å²) in [6.07, 6.45) is 4.67. The largest absolute Gasteiger partial charge is 0.468 e. The van der Waals surface area contributed by atoms with Gasteiger partial charge in [-0.05, 0) is 31.9 Å².